The quantitative estimate of drug-likeness (QED) is 0.876. The second-order valence-electron chi connectivity index (χ2n) is 5.06. The normalized spacial score (nSPS) is 12.2. The van der Waals surface area contributed by atoms with Gasteiger partial charge in [-0.15, -0.1) is 0 Å². The number of aromatic nitrogens is 2. The number of rotatable bonds is 6. The third-order valence-corrected chi connectivity index (χ3v) is 3.39. The minimum Gasteiger partial charge on any atom is -0.437 e. The monoisotopic (exact) mass is 285 g/mol. The number of nitrogens with one attached hydrogen (secondary N) is 1. The zero-order valence-electron chi connectivity index (χ0n) is 13.2. The molecule has 0 aromatic carbocycles. The molecule has 112 valence electrons. The molecule has 0 fully saturated rings. The summed E-state index contributed by atoms with van der Waals surface area (Å²) in [7, 11) is 0. The van der Waals surface area contributed by atoms with Gasteiger partial charge in [-0.25, -0.2) is 4.98 Å². The number of pyridine rings is 2. The highest BCUT2D eigenvalue weighted by atomic mass is 16.5. The number of hydrogen-bond acceptors (Lipinski definition) is 4. The van der Waals surface area contributed by atoms with Crippen LogP contribution in [-0.2, 0) is 6.42 Å². The lowest BCUT2D eigenvalue weighted by molar-refractivity contribution is 0.452. The van der Waals surface area contributed by atoms with Gasteiger partial charge in [0.15, 0.2) is 5.75 Å². The molecule has 0 aliphatic heterocycles. The summed E-state index contributed by atoms with van der Waals surface area (Å²) in [4.78, 5) is 8.88. The fourth-order valence-corrected chi connectivity index (χ4v) is 2.19. The first-order valence-corrected chi connectivity index (χ1v) is 7.47. The maximum atomic E-state index is 5.86. The van der Waals surface area contributed by atoms with Gasteiger partial charge in [-0.05, 0) is 44.5 Å². The second-order valence-corrected chi connectivity index (χ2v) is 5.06. The molecule has 2 aromatic rings. The van der Waals surface area contributed by atoms with Gasteiger partial charge in [-0.3, -0.25) is 4.98 Å². The molecule has 0 aliphatic rings. The fraction of sp³-hybridized carbons (Fsp3) is 0.412. The van der Waals surface area contributed by atoms with E-state index in [1.165, 1.54) is 0 Å². The van der Waals surface area contributed by atoms with Crippen molar-refractivity contribution in [3.05, 3.63) is 47.4 Å². The van der Waals surface area contributed by atoms with Gasteiger partial charge in [-0.2, -0.15) is 0 Å². The Morgan fingerprint density at radius 2 is 2.00 bits per heavy atom. The van der Waals surface area contributed by atoms with Gasteiger partial charge < -0.3 is 10.1 Å². The zero-order chi connectivity index (χ0) is 15.2. The lowest BCUT2D eigenvalue weighted by Crippen LogP contribution is -2.17. The third-order valence-electron chi connectivity index (χ3n) is 3.39. The molecule has 0 saturated carbocycles. The van der Waals surface area contributed by atoms with Gasteiger partial charge >= 0.3 is 0 Å². The smallest absolute Gasteiger partial charge is 0.219 e. The second kappa shape index (κ2) is 7.18. The third kappa shape index (κ3) is 4.02. The number of aryl methyl sites for hydroxylation is 2. The van der Waals surface area contributed by atoms with E-state index in [0.29, 0.717) is 11.9 Å². The van der Waals surface area contributed by atoms with Crippen molar-refractivity contribution in [1.29, 1.82) is 0 Å². The van der Waals surface area contributed by atoms with E-state index in [1.807, 2.05) is 37.4 Å². The van der Waals surface area contributed by atoms with Crippen LogP contribution in [0.25, 0.3) is 0 Å². The Balaban J connectivity index is 2.13. The van der Waals surface area contributed by atoms with Crippen molar-refractivity contribution in [2.24, 2.45) is 0 Å². The molecule has 1 atom stereocenters. The summed E-state index contributed by atoms with van der Waals surface area (Å²) in [5.74, 6) is 1.38. The molecule has 0 aliphatic carbocycles. The molecule has 0 spiro atoms. The average molecular weight is 285 g/mol. The molecule has 0 saturated heterocycles. The predicted molar refractivity (Wildman–Crippen MR) is 84.8 cm³/mol. The molecular formula is C17H23N3O. The molecule has 1 unspecified atom stereocenters. The van der Waals surface area contributed by atoms with Gasteiger partial charge in [0.1, 0.15) is 0 Å². The fourth-order valence-electron chi connectivity index (χ4n) is 2.19. The Labute approximate surface area is 126 Å². The molecule has 21 heavy (non-hydrogen) atoms. The van der Waals surface area contributed by atoms with Crippen LogP contribution in [0.5, 0.6) is 11.6 Å². The molecule has 4 heteroatoms. The molecular weight excluding hydrogens is 262 g/mol. The number of nitrogens with zero attached hydrogens (tertiary/aromatic N) is 2. The highest BCUT2D eigenvalue weighted by Gasteiger charge is 2.08. The van der Waals surface area contributed by atoms with E-state index < -0.39 is 0 Å². The van der Waals surface area contributed by atoms with Crippen LogP contribution < -0.4 is 10.1 Å². The van der Waals surface area contributed by atoms with Crippen molar-refractivity contribution in [3.8, 4) is 11.6 Å². The molecule has 0 radical (unpaired) electrons. The van der Waals surface area contributed by atoms with Crippen molar-refractivity contribution >= 4 is 0 Å². The van der Waals surface area contributed by atoms with Crippen molar-refractivity contribution in [2.45, 2.75) is 40.2 Å². The van der Waals surface area contributed by atoms with Crippen molar-refractivity contribution < 1.29 is 4.74 Å². The summed E-state index contributed by atoms with van der Waals surface area (Å²) in [6.45, 7) is 9.22. The Morgan fingerprint density at radius 1 is 1.19 bits per heavy atom. The summed E-state index contributed by atoms with van der Waals surface area (Å²) < 4.78 is 5.86. The van der Waals surface area contributed by atoms with E-state index in [0.717, 1.165) is 35.7 Å². The summed E-state index contributed by atoms with van der Waals surface area (Å²) in [5, 5.41) is 3.36. The molecule has 1 N–H and O–H groups in total. The highest BCUT2D eigenvalue weighted by Crippen LogP contribution is 2.24. The summed E-state index contributed by atoms with van der Waals surface area (Å²) in [5.41, 5.74) is 3.12. The topological polar surface area (TPSA) is 47.0 Å². The van der Waals surface area contributed by atoms with Crippen LogP contribution >= 0.6 is 0 Å². The molecule has 2 rings (SSSR count). The summed E-state index contributed by atoms with van der Waals surface area (Å²) in [6.07, 6.45) is 2.70. The maximum Gasteiger partial charge on any atom is 0.219 e. The van der Waals surface area contributed by atoms with Crippen LogP contribution in [0.2, 0.25) is 0 Å². The minimum atomic E-state index is 0.295. The Morgan fingerprint density at radius 3 is 2.62 bits per heavy atom. The van der Waals surface area contributed by atoms with E-state index in [1.54, 1.807) is 0 Å². The minimum absolute atomic E-state index is 0.295. The Hall–Kier alpha value is -1.94. The van der Waals surface area contributed by atoms with Crippen LogP contribution in [0.3, 0.4) is 0 Å². The van der Waals surface area contributed by atoms with E-state index in [-0.39, 0.29) is 0 Å². The van der Waals surface area contributed by atoms with Crippen LogP contribution in [-0.4, -0.2) is 16.5 Å². The van der Waals surface area contributed by atoms with Gasteiger partial charge in [0.25, 0.3) is 0 Å². The van der Waals surface area contributed by atoms with Crippen molar-refractivity contribution in [3.63, 3.8) is 0 Å². The predicted octanol–water partition coefficient (Wildman–Crippen LogP) is 3.81. The van der Waals surface area contributed by atoms with Crippen LogP contribution in [0, 0.1) is 6.92 Å². The first-order chi connectivity index (χ1) is 10.1. The van der Waals surface area contributed by atoms with Gasteiger partial charge in [0, 0.05) is 24.0 Å². The number of ether oxygens (including phenoxy) is 1. The van der Waals surface area contributed by atoms with Crippen LogP contribution in [0.4, 0.5) is 0 Å². The average Bonchev–Trinajstić information content (AvgIpc) is 2.50. The standard InChI is InChI=1S/C17H23N3O/c1-5-15-16(9-7-12(3)20-15)21-17-10-8-14(11-19-17)13(4)18-6-2/h7-11,13,18H,5-6H2,1-4H3. The highest BCUT2D eigenvalue weighted by molar-refractivity contribution is 5.33. The van der Waals surface area contributed by atoms with Gasteiger partial charge in [0.2, 0.25) is 5.88 Å². The lowest BCUT2D eigenvalue weighted by atomic mass is 10.1. The van der Waals surface area contributed by atoms with E-state index in [9.17, 15) is 0 Å². The summed E-state index contributed by atoms with van der Waals surface area (Å²) >= 11 is 0. The van der Waals surface area contributed by atoms with E-state index >= 15 is 0 Å². The maximum absolute atomic E-state index is 5.86. The molecule has 2 heterocycles. The number of hydrogen-bond donors (Lipinski definition) is 1. The Kier molecular flexibility index (Phi) is 5.28. The summed E-state index contributed by atoms with van der Waals surface area (Å²) in [6, 6.07) is 8.16. The molecule has 4 nitrogen and oxygen atoms in total. The Bertz CT molecular complexity index is 581. The van der Waals surface area contributed by atoms with Gasteiger partial charge in [-0.1, -0.05) is 19.9 Å². The van der Waals surface area contributed by atoms with Crippen molar-refractivity contribution in [1.82, 2.24) is 15.3 Å². The van der Waals surface area contributed by atoms with Crippen molar-refractivity contribution in [2.75, 3.05) is 6.54 Å². The molecule has 2 aromatic heterocycles. The van der Waals surface area contributed by atoms with E-state index in [2.05, 4.69) is 36.1 Å². The molecule has 0 amide bonds. The zero-order valence-corrected chi connectivity index (χ0v) is 13.2. The lowest BCUT2D eigenvalue weighted by Gasteiger charge is -2.13. The molecule has 0 bridgehead atoms. The van der Waals surface area contributed by atoms with Gasteiger partial charge in [0.05, 0.1) is 5.69 Å². The van der Waals surface area contributed by atoms with Crippen LogP contribution in [0.15, 0.2) is 30.5 Å². The SMILES string of the molecule is CCNC(C)c1ccc(Oc2ccc(C)nc2CC)nc1. The first-order valence-electron chi connectivity index (χ1n) is 7.47. The van der Waals surface area contributed by atoms with Crippen LogP contribution in [0.1, 0.15) is 43.8 Å². The first kappa shape index (κ1) is 15.4. The van der Waals surface area contributed by atoms with E-state index in [4.69, 9.17) is 4.74 Å². The largest absolute Gasteiger partial charge is 0.437 e.